The first kappa shape index (κ1) is 10.3. The molecular weight excluding hydrogens is 208 g/mol. The lowest BCUT2D eigenvalue weighted by molar-refractivity contribution is 0.340. The van der Waals surface area contributed by atoms with Crippen molar-refractivity contribution in [2.75, 3.05) is 11.9 Å². The van der Waals surface area contributed by atoms with Crippen LogP contribution in [0.25, 0.3) is 0 Å². The van der Waals surface area contributed by atoms with E-state index in [2.05, 4.69) is 30.9 Å². The van der Waals surface area contributed by atoms with E-state index in [4.69, 9.17) is 4.74 Å². The van der Waals surface area contributed by atoms with Crippen LogP contribution < -0.4 is 10.1 Å². The molecule has 2 aromatic heterocycles. The zero-order chi connectivity index (χ0) is 11.2. The van der Waals surface area contributed by atoms with Gasteiger partial charge in [-0.3, -0.25) is 0 Å². The second-order valence-electron chi connectivity index (χ2n) is 2.96. The zero-order valence-electron chi connectivity index (χ0n) is 8.84. The van der Waals surface area contributed by atoms with E-state index in [1.807, 2.05) is 19.1 Å². The largest absolute Gasteiger partial charge is 0.490 e. The normalized spacial score (nSPS) is 10.1. The Morgan fingerprint density at radius 1 is 1.50 bits per heavy atom. The molecule has 0 aromatic carbocycles. The molecule has 0 amide bonds. The third-order valence-corrected chi connectivity index (χ3v) is 1.87. The number of hydrogen-bond acceptors (Lipinski definition) is 6. The number of nitrogens with zero attached hydrogens (tertiary/aromatic N) is 4. The number of hydrogen-bond donors (Lipinski definition) is 2. The molecule has 16 heavy (non-hydrogen) atoms. The molecule has 84 valence electrons. The Morgan fingerprint density at radius 2 is 2.44 bits per heavy atom. The van der Waals surface area contributed by atoms with Gasteiger partial charge in [0.25, 0.3) is 0 Å². The summed E-state index contributed by atoms with van der Waals surface area (Å²) >= 11 is 0. The quantitative estimate of drug-likeness (QED) is 0.767. The Labute approximate surface area is 92.2 Å². The molecule has 2 aromatic rings. The molecule has 0 aliphatic carbocycles. The highest BCUT2D eigenvalue weighted by molar-refractivity contribution is 5.49. The smallest absolute Gasteiger partial charge is 0.193 e. The van der Waals surface area contributed by atoms with Crippen molar-refractivity contribution in [3.8, 4) is 5.75 Å². The number of anilines is 1. The van der Waals surface area contributed by atoms with Gasteiger partial charge in [-0.15, -0.1) is 10.2 Å². The molecule has 2 N–H and O–H groups in total. The first-order chi connectivity index (χ1) is 7.90. The predicted molar refractivity (Wildman–Crippen MR) is 56.9 cm³/mol. The molecule has 0 spiro atoms. The number of aromatic nitrogens is 5. The van der Waals surface area contributed by atoms with E-state index in [9.17, 15) is 0 Å². The van der Waals surface area contributed by atoms with Gasteiger partial charge in [0, 0.05) is 6.20 Å². The highest BCUT2D eigenvalue weighted by Crippen LogP contribution is 2.20. The Bertz CT molecular complexity index is 429. The predicted octanol–water partition coefficient (Wildman–Crippen LogP) is 0.605. The SMILES string of the molecule is CCOc1cccnc1NCc1nn[nH]n1. The number of rotatable bonds is 5. The summed E-state index contributed by atoms with van der Waals surface area (Å²) in [5, 5.41) is 16.6. The van der Waals surface area contributed by atoms with Crippen LogP contribution in [0.15, 0.2) is 18.3 Å². The third kappa shape index (κ3) is 2.44. The van der Waals surface area contributed by atoms with Gasteiger partial charge in [0.1, 0.15) is 0 Å². The average molecular weight is 220 g/mol. The van der Waals surface area contributed by atoms with Gasteiger partial charge in [-0.1, -0.05) is 5.21 Å². The Hall–Kier alpha value is -2.18. The fraction of sp³-hybridized carbons (Fsp3) is 0.333. The van der Waals surface area contributed by atoms with Gasteiger partial charge < -0.3 is 10.1 Å². The van der Waals surface area contributed by atoms with Crippen molar-refractivity contribution in [2.45, 2.75) is 13.5 Å². The minimum atomic E-state index is 0.452. The number of aromatic amines is 1. The van der Waals surface area contributed by atoms with Gasteiger partial charge >= 0.3 is 0 Å². The molecule has 0 unspecified atom stereocenters. The minimum Gasteiger partial charge on any atom is -0.490 e. The van der Waals surface area contributed by atoms with Crippen LogP contribution in [0.1, 0.15) is 12.7 Å². The summed E-state index contributed by atoms with van der Waals surface area (Å²) in [5.74, 6) is 1.97. The zero-order valence-corrected chi connectivity index (χ0v) is 8.84. The second-order valence-corrected chi connectivity index (χ2v) is 2.96. The fourth-order valence-corrected chi connectivity index (χ4v) is 1.22. The maximum atomic E-state index is 5.42. The van der Waals surface area contributed by atoms with Gasteiger partial charge in [0.15, 0.2) is 17.4 Å². The Morgan fingerprint density at radius 3 is 3.19 bits per heavy atom. The van der Waals surface area contributed by atoms with E-state index < -0.39 is 0 Å². The van der Waals surface area contributed by atoms with Gasteiger partial charge in [-0.2, -0.15) is 5.21 Å². The first-order valence-corrected chi connectivity index (χ1v) is 4.94. The molecular formula is C9H12N6O. The van der Waals surface area contributed by atoms with E-state index in [-0.39, 0.29) is 0 Å². The molecule has 7 nitrogen and oxygen atoms in total. The van der Waals surface area contributed by atoms with Crippen molar-refractivity contribution in [2.24, 2.45) is 0 Å². The second kappa shape index (κ2) is 5.06. The topological polar surface area (TPSA) is 88.6 Å². The van der Waals surface area contributed by atoms with E-state index >= 15 is 0 Å². The average Bonchev–Trinajstić information content (AvgIpc) is 2.81. The number of tetrazole rings is 1. The molecule has 7 heteroatoms. The van der Waals surface area contributed by atoms with Crippen LogP contribution in [-0.4, -0.2) is 32.2 Å². The van der Waals surface area contributed by atoms with E-state index in [1.54, 1.807) is 6.20 Å². The van der Waals surface area contributed by atoms with Crippen molar-refractivity contribution in [3.05, 3.63) is 24.2 Å². The highest BCUT2D eigenvalue weighted by Gasteiger charge is 2.04. The minimum absolute atomic E-state index is 0.452. The number of H-pyrrole nitrogens is 1. The van der Waals surface area contributed by atoms with Crippen molar-refractivity contribution in [3.63, 3.8) is 0 Å². The van der Waals surface area contributed by atoms with Gasteiger partial charge in [0.2, 0.25) is 0 Å². The summed E-state index contributed by atoms with van der Waals surface area (Å²) in [7, 11) is 0. The molecule has 2 rings (SSSR count). The van der Waals surface area contributed by atoms with Crippen LogP contribution >= 0.6 is 0 Å². The summed E-state index contributed by atoms with van der Waals surface area (Å²) < 4.78 is 5.42. The summed E-state index contributed by atoms with van der Waals surface area (Å²) in [5.41, 5.74) is 0. The lowest BCUT2D eigenvalue weighted by Crippen LogP contribution is -2.05. The van der Waals surface area contributed by atoms with Crippen molar-refractivity contribution in [1.29, 1.82) is 0 Å². The standard InChI is InChI=1S/C9H12N6O/c1-2-16-7-4-3-5-10-9(7)11-6-8-12-14-15-13-8/h3-5H,2,6H2,1H3,(H,10,11)(H,12,13,14,15). The molecule has 0 bridgehead atoms. The van der Waals surface area contributed by atoms with Crippen LogP contribution in [0.2, 0.25) is 0 Å². The number of ether oxygens (including phenoxy) is 1. The summed E-state index contributed by atoms with van der Waals surface area (Å²) in [6.07, 6.45) is 1.70. The van der Waals surface area contributed by atoms with Crippen molar-refractivity contribution >= 4 is 5.82 Å². The molecule has 0 saturated heterocycles. The molecule has 2 heterocycles. The number of pyridine rings is 1. The van der Waals surface area contributed by atoms with Crippen LogP contribution in [-0.2, 0) is 6.54 Å². The van der Waals surface area contributed by atoms with Crippen molar-refractivity contribution < 1.29 is 4.74 Å². The molecule has 0 radical (unpaired) electrons. The van der Waals surface area contributed by atoms with E-state index in [0.717, 1.165) is 0 Å². The molecule has 0 aliphatic heterocycles. The lowest BCUT2D eigenvalue weighted by Gasteiger charge is -2.09. The van der Waals surface area contributed by atoms with Gasteiger partial charge in [-0.25, -0.2) is 4.98 Å². The maximum absolute atomic E-state index is 5.42. The van der Waals surface area contributed by atoms with Crippen molar-refractivity contribution in [1.82, 2.24) is 25.6 Å². The molecule has 0 fully saturated rings. The summed E-state index contributed by atoms with van der Waals surface area (Å²) in [6, 6.07) is 3.68. The van der Waals surface area contributed by atoms with E-state index in [0.29, 0.717) is 30.5 Å². The Kier molecular flexibility index (Phi) is 3.27. The van der Waals surface area contributed by atoms with Crippen LogP contribution in [0, 0.1) is 0 Å². The summed E-state index contributed by atoms with van der Waals surface area (Å²) in [4.78, 5) is 4.17. The van der Waals surface area contributed by atoms with E-state index in [1.165, 1.54) is 0 Å². The van der Waals surface area contributed by atoms with Crippen LogP contribution in [0.4, 0.5) is 5.82 Å². The fourth-order valence-electron chi connectivity index (χ4n) is 1.22. The first-order valence-electron chi connectivity index (χ1n) is 4.94. The molecule has 0 saturated carbocycles. The maximum Gasteiger partial charge on any atom is 0.193 e. The monoisotopic (exact) mass is 220 g/mol. The highest BCUT2D eigenvalue weighted by atomic mass is 16.5. The Balaban J connectivity index is 2.03. The third-order valence-electron chi connectivity index (χ3n) is 1.87. The lowest BCUT2D eigenvalue weighted by atomic mass is 10.4. The number of nitrogens with one attached hydrogen (secondary N) is 2. The van der Waals surface area contributed by atoms with Crippen LogP contribution in [0.5, 0.6) is 5.75 Å². The molecule has 0 aliphatic rings. The summed E-state index contributed by atoms with van der Waals surface area (Å²) in [6.45, 7) is 2.98. The molecule has 0 atom stereocenters. The van der Waals surface area contributed by atoms with Crippen LogP contribution in [0.3, 0.4) is 0 Å². The van der Waals surface area contributed by atoms with Gasteiger partial charge in [-0.05, 0) is 19.1 Å². The van der Waals surface area contributed by atoms with Gasteiger partial charge in [0.05, 0.1) is 13.2 Å².